The van der Waals surface area contributed by atoms with Crippen LogP contribution in [0.1, 0.15) is 17.1 Å². The highest BCUT2D eigenvalue weighted by molar-refractivity contribution is 5.45. The Morgan fingerprint density at radius 2 is 2.05 bits per heavy atom. The normalized spacial score (nSPS) is 10.7. The van der Waals surface area contributed by atoms with Gasteiger partial charge in [-0.2, -0.15) is 5.10 Å². The Morgan fingerprint density at radius 1 is 1.14 bits per heavy atom. The zero-order valence-electron chi connectivity index (χ0n) is 11.6. The first-order valence-corrected chi connectivity index (χ1v) is 6.82. The summed E-state index contributed by atoms with van der Waals surface area (Å²) in [5, 5.41) is 16.5. The summed E-state index contributed by atoms with van der Waals surface area (Å²) in [6.45, 7) is 1.27. The van der Waals surface area contributed by atoms with Crippen LogP contribution in [0.25, 0.3) is 0 Å². The number of aliphatic hydroxyl groups is 1. The quantitative estimate of drug-likeness (QED) is 0.730. The summed E-state index contributed by atoms with van der Waals surface area (Å²) in [5.41, 5.74) is 2.21. The van der Waals surface area contributed by atoms with Gasteiger partial charge in [-0.25, -0.2) is 0 Å². The van der Waals surface area contributed by atoms with Crippen molar-refractivity contribution < 1.29 is 9.52 Å². The number of aromatic nitrogens is 2. The van der Waals surface area contributed by atoms with Gasteiger partial charge >= 0.3 is 0 Å². The van der Waals surface area contributed by atoms with Crippen molar-refractivity contribution in [2.45, 2.75) is 19.7 Å². The smallest absolute Gasteiger partial charge is 0.129 e. The second kappa shape index (κ2) is 6.28. The summed E-state index contributed by atoms with van der Waals surface area (Å²) in [4.78, 5) is 0. The fraction of sp³-hybridized carbons (Fsp3) is 0.188. The molecule has 5 heteroatoms. The van der Waals surface area contributed by atoms with Crippen molar-refractivity contribution in [1.29, 1.82) is 0 Å². The van der Waals surface area contributed by atoms with Crippen molar-refractivity contribution in [2.24, 2.45) is 0 Å². The van der Waals surface area contributed by atoms with E-state index in [0.29, 0.717) is 12.3 Å². The monoisotopic (exact) mass is 283 g/mol. The molecule has 0 bridgehead atoms. The van der Waals surface area contributed by atoms with E-state index < -0.39 is 0 Å². The summed E-state index contributed by atoms with van der Waals surface area (Å²) in [6, 6.07) is 13.8. The zero-order valence-corrected chi connectivity index (χ0v) is 11.6. The van der Waals surface area contributed by atoms with Crippen LogP contribution in [0.4, 0.5) is 5.69 Å². The van der Waals surface area contributed by atoms with Gasteiger partial charge in [0.05, 0.1) is 13.1 Å². The second-order valence-corrected chi connectivity index (χ2v) is 4.78. The Labute approximate surface area is 122 Å². The van der Waals surface area contributed by atoms with Gasteiger partial charge in [-0.05, 0) is 35.9 Å². The molecule has 0 fully saturated rings. The van der Waals surface area contributed by atoms with Gasteiger partial charge in [0.15, 0.2) is 0 Å². The Balaban J connectivity index is 1.63. The van der Waals surface area contributed by atoms with Crippen LogP contribution in [0.5, 0.6) is 0 Å². The molecular formula is C16H17N3O2. The van der Waals surface area contributed by atoms with Crippen LogP contribution in [0.3, 0.4) is 0 Å². The fourth-order valence-corrected chi connectivity index (χ4v) is 2.15. The molecule has 108 valence electrons. The van der Waals surface area contributed by atoms with E-state index in [0.717, 1.165) is 18.0 Å². The van der Waals surface area contributed by atoms with Crippen molar-refractivity contribution in [1.82, 2.24) is 9.78 Å². The van der Waals surface area contributed by atoms with E-state index in [4.69, 9.17) is 9.52 Å². The van der Waals surface area contributed by atoms with E-state index in [2.05, 4.69) is 22.5 Å². The number of nitrogens with zero attached hydrogens (tertiary/aromatic N) is 2. The molecule has 3 rings (SSSR count). The first-order chi connectivity index (χ1) is 10.3. The number of benzene rings is 1. The number of nitrogens with one attached hydrogen (secondary N) is 1. The van der Waals surface area contributed by atoms with E-state index in [1.165, 1.54) is 5.56 Å². The molecule has 0 aliphatic rings. The van der Waals surface area contributed by atoms with Gasteiger partial charge in [0.2, 0.25) is 0 Å². The molecule has 0 saturated heterocycles. The molecule has 5 nitrogen and oxygen atoms in total. The summed E-state index contributed by atoms with van der Waals surface area (Å²) >= 11 is 0. The predicted molar refractivity (Wildman–Crippen MR) is 79.7 cm³/mol. The van der Waals surface area contributed by atoms with Crippen LogP contribution in [0.2, 0.25) is 0 Å². The van der Waals surface area contributed by atoms with Crippen molar-refractivity contribution in [3.05, 3.63) is 71.9 Å². The number of anilines is 1. The summed E-state index contributed by atoms with van der Waals surface area (Å²) in [5.74, 6) is 1.38. The molecule has 21 heavy (non-hydrogen) atoms. The maximum absolute atomic E-state index is 8.97. The molecule has 2 heterocycles. The van der Waals surface area contributed by atoms with Gasteiger partial charge in [0, 0.05) is 18.1 Å². The van der Waals surface area contributed by atoms with Crippen molar-refractivity contribution in [3.63, 3.8) is 0 Å². The fourth-order valence-electron chi connectivity index (χ4n) is 2.15. The number of rotatable bonds is 6. The average molecular weight is 283 g/mol. The molecule has 0 aliphatic carbocycles. The molecule has 0 spiro atoms. The number of hydrogen-bond acceptors (Lipinski definition) is 4. The molecule has 2 aromatic heterocycles. The van der Waals surface area contributed by atoms with Gasteiger partial charge in [0.1, 0.15) is 18.1 Å². The highest BCUT2D eigenvalue weighted by atomic mass is 16.4. The summed E-state index contributed by atoms with van der Waals surface area (Å²) in [6.07, 6.45) is 3.72. The van der Waals surface area contributed by atoms with E-state index in [-0.39, 0.29) is 6.61 Å². The van der Waals surface area contributed by atoms with Crippen molar-refractivity contribution in [3.8, 4) is 0 Å². The number of hydrogen-bond donors (Lipinski definition) is 2. The lowest BCUT2D eigenvalue weighted by atomic mass is 10.2. The Kier molecular flexibility index (Phi) is 4.02. The van der Waals surface area contributed by atoms with Crippen molar-refractivity contribution in [2.75, 3.05) is 5.32 Å². The number of aliphatic hydroxyl groups excluding tert-OH is 1. The molecule has 0 aliphatic heterocycles. The van der Waals surface area contributed by atoms with Crippen molar-refractivity contribution >= 4 is 5.69 Å². The highest BCUT2D eigenvalue weighted by Crippen LogP contribution is 2.14. The van der Waals surface area contributed by atoms with E-state index >= 15 is 0 Å². The molecule has 0 amide bonds. The Bertz CT molecular complexity index is 689. The minimum Gasteiger partial charge on any atom is -0.462 e. The molecular weight excluding hydrogens is 266 g/mol. The molecule has 0 saturated carbocycles. The average Bonchev–Trinajstić information content (AvgIpc) is 3.17. The standard InChI is InChI=1S/C16H17N3O2/c20-12-16-6-5-15(21-16)10-17-14-4-1-3-13(9-14)11-19-8-2-7-18-19/h1-9,17,20H,10-12H2. The predicted octanol–water partition coefficient (Wildman–Crippen LogP) is 2.63. The minimum absolute atomic E-state index is 0.0701. The highest BCUT2D eigenvalue weighted by Gasteiger charge is 2.02. The summed E-state index contributed by atoms with van der Waals surface area (Å²) < 4.78 is 7.33. The number of furan rings is 1. The molecule has 1 aromatic carbocycles. The van der Waals surface area contributed by atoms with Crippen LogP contribution < -0.4 is 5.32 Å². The first-order valence-electron chi connectivity index (χ1n) is 6.82. The van der Waals surface area contributed by atoms with Crippen LogP contribution in [0, 0.1) is 0 Å². The largest absolute Gasteiger partial charge is 0.462 e. The maximum Gasteiger partial charge on any atom is 0.129 e. The molecule has 3 aromatic rings. The lowest BCUT2D eigenvalue weighted by Crippen LogP contribution is -2.02. The molecule has 2 N–H and O–H groups in total. The van der Waals surface area contributed by atoms with E-state index in [1.807, 2.05) is 35.1 Å². The molecule has 0 unspecified atom stereocenters. The van der Waals surface area contributed by atoms with E-state index in [9.17, 15) is 0 Å². The third-order valence-corrected chi connectivity index (χ3v) is 3.17. The van der Waals surface area contributed by atoms with Crippen LogP contribution >= 0.6 is 0 Å². The third-order valence-electron chi connectivity index (χ3n) is 3.17. The summed E-state index contributed by atoms with van der Waals surface area (Å²) in [7, 11) is 0. The van der Waals surface area contributed by atoms with Crippen LogP contribution in [-0.4, -0.2) is 14.9 Å². The third kappa shape index (κ3) is 3.52. The van der Waals surface area contributed by atoms with E-state index in [1.54, 1.807) is 12.3 Å². The molecule has 0 radical (unpaired) electrons. The van der Waals surface area contributed by atoms with Gasteiger partial charge in [-0.3, -0.25) is 4.68 Å². The lowest BCUT2D eigenvalue weighted by Gasteiger charge is -2.07. The van der Waals surface area contributed by atoms with Gasteiger partial charge < -0.3 is 14.8 Å². The van der Waals surface area contributed by atoms with Crippen LogP contribution in [0.15, 0.2) is 59.3 Å². The minimum atomic E-state index is -0.0701. The zero-order chi connectivity index (χ0) is 14.5. The Morgan fingerprint density at radius 3 is 2.81 bits per heavy atom. The second-order valence-electron chi connectivity index (χ2n) is 4.78. The van der Waals surface area contributed by atoms with Gasteiger partial charge in [-0.1, -0.05) is 12.1 Å². The topological polar surface area (TPSA) is 63.2 Å². The molecule has 0 atom stereocenters. The maximum atomic E-state index is 8.97. The Hall–Kier alpha value is -2.53. The lowest BCUT2D eigenvalue weighted by molar-refractivity contribution is 0.244. The van der Waals surface area contributed by atoms with Gasteiger partial charge in [0.25, 0.3) is 0 Å². The van der Waals surface area contributed by atoms with Crippen LogP contribution in [-0.2, 0) is 19.7 Å². The SMILES string of the molecule is OCc1ccc(CNc2cccc(Cn3cccn3)c2)o1. The van der Waals surface area contributed by atoms with Gasteiger partial charge in [-0.15, -0.1) is 0 Å². The first kappa shape index (κ1) is 13.5.